The molecule has 0 saturated carbocycles. The number of H-pyrrole nitrogens is 1. The number of hydrogen-bond acceptors (Lipinski definition) is 6. The van der Waals surface area contributed by atoms with Gasteiger partial charge in [0.2, 0.25) is 5.82 Å². The third kappa shape index (κ3) is 3.49. The van der Waals surface area contributed by atoms with Gasteiger partial charge in [-0.3, -0.25) is 14.3 Å². The van der Waals surface area contributed by atoms with Crippen LogP contribution in [-0.4, -0.2) is 49.4 Å². The number of rotatable bonds is 6. The van der Waals surface area contributed by atoms with E-state index in [-0.39, 0.29) is 17.1 Å². The largest absolute Gasteiger partial charge is 0.497 e. The number of imidazole rings is 1. The van der Waals surface area contributed by atoms with Crippen LogP contribution in [0.2, 0.25) is 0 Å². The minimum Gasteiger partial charge on any atom is -0.497 e. The second-order valence-corrected chi connectivity index (χ2v) is 6.63. The van der Waals surface area contributed by atoms with Crippen LogP contribution in [0.25, 0.3) is 16.6 Å². The maximum absolute atomic E-state index is 13.8. The van der Waals surface area contributed by atoms with E-state index in [2.05, 4.69) is 20.5 Å². The van der Waals surface area contributed by atoms with E-state index >= 15 is 0 Å². The van der Waals surface area contributed by atoms with Crippen LogP contribution in [0, 0.1) is 5.82 Å². The second-order valence-electron chi connectivity index (χ2n) is 6.63. The molecule has 1 atom stereocenters. The highest BCUT2D eigenvalue weighted by Crippen LogP contribution is 2.25. The first kappa shape index (κ1) is 19.6. The standard InChI is InChI=1S/C20H18FN5O4/c1-30-17-6-14(5-15(21)7-17)20(29,11-27)25-19(28)18-22-10-16-4-12(2-3-26(16)18)13-8-23-24-9-13/h2-10,27,29H,11H2,1H3,(H,23,24)(H,25,28)/t20-/m1/s1. The Hall–Kier alpha value is -3.76. The molecular formula is C20H18FN5O4. The average molecular weight is 411 g/mol. The predicted molar refractivity (Wildman–Crippen MR) is 104 cm³/mol. The highest BCUT2D eigenvalue weighted by molar-refractivity contribution is 5.92. The summed E-state index contributed by atoms with van der Waals surface area (Å²) in [6.07, 6.45) is 6.57. The van der Waals surface area contributed by atoms with Gasteiger partial charge in [-0.2, -0.15) is 5.10 Å². The summed E-state index contributed by atoms with van der Waals surface area (Å²) in [5.74, 6) is -1.34. The number of amides is 1. The number of aromatic nitrogens is 4. The Bertz CT molecular complexity index is 1210. The van der Waals surface area contributed by atoms with Crippen LogP contribution in [0.3, 0.4) is 0 Å². The Morgan fingerprint density at radius 2 is 2.13 bits per heavy atom. The zero-order valence-electron chi connectivity index (χ0n) is 15.8. The molecule has 0 unspecified atom stereocenters. The summed E-state index contributed by atoms with van der Waals surface area (Å²) in [7, 11) is 1.34. The third-order valence-electron chi connectivity index (χ3n) is 4.70. The highest BCUT2D eigenvalue weighted by atomic mass is 19.1. The molecule has 9 nitrogen and oxygen atoms in total. The van der Waals surface area contributed by atoms with Gasteiger partial charge in [0.1, 0.15) is 11.6 Å². The van der Waals surface area contributed by atoms with Crippen LogP contribution >= 0.6 is 0 Å². The molecule has 4 rings (SSSR count). The lowest BCUT2D eigenvalue weighted by Crippen LogP contribution is -2.49. The molecule has 0 aliphatic heterocycles. The first-order chi connectivity index (χ1) is 14.4. The molecule has 4 N–H and O–H groups in total. The van der Waals surface area contributed by atoms with Crippen molar-refractivity contribution in [3.8, 4) is 16.9 Å². The molecule has 154 valence electrons. The number of methoxy groups -OCH3 is 1. The number of fused-ring (bicyclic) bond motifs is 1. The van der Waals surface area contributed by atoms with Crippen molar-refractivity contribution in [1.82, 2.24) is 24.9 Å². The van der Waals surface area contributed by atoms with Crippen LogP contribution in [0.4, 0.5) is 4.39 Å². The topological polar surface area (TPSA) is 125 Å². The monoisotopic (exact) mass is 411 g/mol. The Morgan fingerprint density at radius 3 is 2.83 bits per heavy atom. The number of nitrogens with one attached hydrogen (secondary N) is 2. The molecule has 3 heterocycles. The summed E-state index contributed by atoms with van der Waals surface area (Å²) in [5.41, 5.74) is 0.0769. The van der Waals surface area contributed by atoms with Gasteiger partial charge in [-0.1, -0.05) is 0 Å². The molecule has 1 aromatic carbocycles. The van der Waals surface area contributed by atoms with Crippen LogP contribution in [0.5, 0.6) is 5.75 Å². The van der Waals surface area contributed by atoms with E-state index in [1.807, 2.05) is 6.07 Å². The van der Waals surface area contributed by atoms with E-state index in [1.165, 1.54) is 23.8 Å². The van der Waals surface area contributed by atoms with Gasteiger partial charge in [-0.15, -0.1) is 0 Å². The normalized spacial score (nSPS) is 13.2. The van der Waals surface area contributed by atoms with Crippen LogP contribution in [-0.2, 0) is 5.72 Å². The highest BCUT2D eigenvalue weighted by Gasteiger charge is 2.33. The van der Waals surface area contributed by atoms with E-state index in [1.54, 1.807) is 24.7 Å². The number of aliphatic hydroxyl groups is 2. The summed E-state index contributed by atoms with van der Waals surface area (Å²) < 4.78 is 20.4. The average Bonchev–Trinajstić information content (AvgIpc) is 3.42. The van der Waals surface area contributed by atoms with Crippen molar-refractivity contribution in [1.29, 1.82) is 0 Å². The van der Waals surface area contributed by atoms with Crippen molar-refractivity contribution in [2.75, 3.05) is 13.7 Å². The lowest BCUT2D eigenvalue weighted by molar-refractivity contribution is -0.0424. The molecular weight excluding hydrogens is 393 g/mol. The van der Waals surface area contributed by atoms with Crippen LogP contribution < -0.4 is 10.1 Å². The maximum Gasteiger partial charge on any atom is 0.290 e. The maximum atomic E-state index is 13.8. The smallest absolute Gasteiger partial charge is 0.290 e. The van der Waals surface area contributed by atoms with Gasteiger partial charge in [0.15, 0.2) is 5.72 Å². The SMILES string of the molecule is COc1cc(F)cc([C@](O)(CO)NC(=O)c2ncc3cc(-c4cn[nH]c4)ccn23)c1. The number of carbonyl (C=O) groups excluding carboxylic acids is 1. The Morgan fingerprint density at radius 1 is 1.30 bits per heavy atom. The molecule has 0 radical (unpaired) electrons. The Kier molecular flexibility index (Phi) is 4.94. The number of aromatic amines is 1. The van der Waals surface area contributed by atoms with E-state index < -0.39 is 24.1 Å². The molecule has 4 aromatic rings. The van der Waals surface area contributed by atoms with E-state index in [9.17, 15) is 19.4 Å². The summed E-state index contributed by atoms with van der Waals surface area (Å²) >= 11 is 0. The molecule has 3 aromatic heterocycles. The van der Waals surface area contributed by atoms with Gasteiger partial charge < -0.3 is 20.3 Å². The number of carbonyl (C=O) groups is 1. The minimum atomic E-state index is -2.24. The van der Waals surface area contributed by atoms with Gasteiger partial charge in [-0.05, 0) is 29.8 Å². The zero-order valence-corrected chi connectivity index (χ0v) is 15.8. The molecule has 0 fully saturated rings. The van der Waals surface area contributed by atoms with Crippen LogP contribution in [0.1, 0.15) is 16.2 Å². The van der Waals surface area contributed by atoms with E-state index in [0.717, 1.165) is 23.3 Å². The fourth-order valence-electron chi connectivity index (χ4n) is 3.12. The number of nitrogens with zero attached hydrogens (tertiary/aromatic N) is 3. The van der Waals surface area contributed by atoms with Crippen molar-refractivity contribution in [2.24, 2.45) is 0 Å². The molecule has 0 saturated heterocycles. The number of benzene rings is 1. The van der Waals surface area contributed by atoms with Crippen LogP contribution in [0.15, 0.2) is 55.1 Å². The first-order valence-electron chi connectivity index (χ1n) is 8.90. The predicted octanol–water partition coefficient (Wildman–Crippen LogP) is 1.44. The van der Waals surface area contributed by atoms with Gasteiger partial charge in [0.25, 0.3) is 5.91 Å². The molecule has 30 heavy (non-hydrogen) atoms. The first-order valence-corrected chi connectivity index (χ1v) is 8.90. The van der Waals surface area contributed by atoms with Crippen molar-refractivity contribution >= 4 is 11.4 Å². The quantitative estimate of drug-likeness (QED) is 0.356. The number of pyridine rings is 1. The zero-order chi connectivity index (χ0) is 21.3. The number of ether oxygens (including phenoxy) is 1. The lowest BCUT2D eigenvalue weighted by Gasteiger charge is -2.27. The molecule has 1 amide bonds. The van der Waals surface area contributed by atoms with Gasteiger partial charge in [0.05, 0.1) is 31.6 Å². The van der Waals surface area contributed by atoms with Crippen molar-refractivity contribution in [3.63, 3.8) is 0 Å². The van der Waals surface area contributed by atoms with Gasteiger partial charge in [-0.25, -0.2) is 9.37 Å². The molecule has 0 aliphatic rings. The van der Waals surface area contributed by atoms with Crippen molar-refractivity contribution in [3.05, 3.63) is 72.3 Å². The minimum absolute atomic E-state index is 0.0148. The fraction of sp³-hybridized carbons (Fsp3) is 0.150. The fourth-order valence-corrected chi connectivity index (χ4v) is 3.12. The van der Waals surface area contributed by atoms with Crippen molar-refractivity contribution < 1.29 is 24.1 Å². The summed E-state index contributed by atoms with van der Waals surface area (Å²) in [4.78, 5) is 16.9. The summed E-state index contributed by atoms with van der Waals surface area (Å²) in [5, 5.41) is 29.5. The Labute approximate surface area is 169 Å². The molecule has 0 bridgehead atoms. The van der Waals surface area contributed by atoms with Gasteiger partial charge in [0, 0.05) is 29.6 Å². The molecule has 0 spiro atoms. The molecule has 10 heteroatoms. The Balaban J connectivity index is 1.65. The summed E-state index contributed by atoms with van der Waals surface area (Å²) in [6, 6.07) is 7.04. The number of aliphatic hydroxyl groups excluding tert-OH is 1. The second kappa shape index (κ2) is 7.58. The molecule has 0 aliphatic carbocycles. The number of halogens is 1. The number of hydrogen-bond donors (Lipinski definition) is 4. The van der Waals surface area contributed by atoms with Crippen molar-refractivity contribution in [2.45, 2.75) is 5.72 Å². The summed E-state index contributed by atoms with van der Waals surface area (Å²) in [6.45, 7) is -0.890. The van der Waals surface area contributed by atoms with Gasteiger partial charge >= 0.3 is 0 Å². The lowest BCUT2D eigenvalue weighted by atomic mass is 10.0. The van der Waals surface area contributed by atoms with E-state index in [0.29, 0.717) is 5.52 Å². The third-order valence-corrected chi connectivity index (χ3v) is 4.70. The van der Waals surface area contributed by atoms with E-state index in [4.69, 9.17) is 4.74 Å².